The van der Waals surface area contributed by atoms with Crippen molar-refractivity contribution in [3.8, 4) is 0 Å². The van der Waals surface area contributed by atoms with E-state index in [4.69, 9.17) is 22.1 Å². The molecule has 2 aliphatic heterocycles. The van der Waals surface area contributed by atoms with Crippen molar-refractivity contribution in [1.29, 1.82) is 0 Å². The van der Waals surface area contributed by atoms with E-state index in [2.05, 4.69) is 21.2 Å². The molecule has 0 bridgehead atoms. The molecule has 2 heterocycles. The number of nitrogens with zero attached hydrogens (tertiary/aromatic N) is 1. The molecule has 2 aromatic carbocycles. The van der Waals surface area contributed by atoms with E-state index in [0.29, 0.717) is 45.0 Å². The molecule has 0 saturated carbocycles. The third-order valence-corrected chi connectivity index (χ3v) is 7.26. The molecule has 0 aromatic heterocycles. The van der Waals surface area contributed by atoms with E-state index in [1.807, 2.05) is 0 Å². The van der Waals surface area contributed by atoms with E-state index in [1.54, 1.807) is 54.3 Å². The Labute approximate surface area is 209 Å². The van der Waals surface area contributed by atoms with E-state index in [0.717, 1.165) is 0 Å². The van der Waals surface area contributed by atoms with E-state index >= 15 is 0 Å². The molecule has 0 radical (unpaired) electrons. The molecule has 2 aromatic rings. The van der Waals surface area contributed by atoms with E-state index < -0.39 is 17.3 Å². The van der Waals surface area contributed by atoms with Gasteiger partial charge < -0.3 is 15.8 Å². The number of nitrogens with one attached hydrogen (secondary N) is 1. The van der Waals surface area contributed by atoms with Crippen LogP contribution in [0.15, 0.2) is 69.6 Å². The van der Waals surface area contributed by atoms with Crippen LogP contribution in [0.25, 0.3) is 0 Å². The van der Waals surface area contributed by atoms with Crippen LogP contribution in [-0.2, 0) is 24.5 Å². The predicted molar refractivity (Wildman–Crippen MR) is 132 cm³/mol. The minimum atomic E-state index is -1.72. The summed E-state index contributed by atoms with van der Waals surface area (Å²) in [5.74, 6) is -1.46. The second kappa shape index (κ2) is 8.29. The van der Waals surface area contributed by atoms with Gasteiger partial charge in [-0.05, 0) is 50.1 Å². The second-order valence-electron chi connectivity index (χ2n) is 8.26. The molecule has 9 heteroatoms. The molecule has 174 valence electrons. The molecule has 0 saturated heterocycles. The largest absolute Gasteiger partial charge is 0.462 e. The number of carbonyl (C=O) groups excluding carboxylic acids is 3. The number of carbonyl (C=O) groups is 3. The van der Waals surface area contributed by atoms with Gasteiger partial charge in [-0.15, -0.1) is 0 Å². The Morgan fingerprint density at radius 1 is 1.24 bits per heavy atom. The maximum Gasteiger partial charge on any atom is 0.339 e. The molecule has 34 heavy (non-hydrogen) atoms. The lowest BCUT2D eigenvalue weighted by atomic mass is 9.63. The summed E-state index contributed by atoms with van der Waals surface area (Å²) < 4.78 is 6.10. The Morgan fingerprint density at radius 2 is 2.00 bits per heavy atom. The summed E-state index contributed by atoms with van der Waals surface area (Å²) in [6.07, 6.45) is 1.33. The maximum atomic E-state index is 13.8. The Morgan fingerprint density at radius 3 is 2.74 bits per heavy atom. The SMILES string of the molecule is CCOC(=O)C1=C(N)N(c2ccccc2Cl)C2=C(C(=O)CCC2)C12C(=O)Nc1ccc(Br)cc12. The van der Waals surface area contributed by atoms with Crippen LogP contribution in [0.2, 0.25) is 5.02 Å². The van der Waals surface area contributed by atoms with E-state index in [9.17, 15) is 14.4 Å². The van der Waals surface area contributed by atoms with Gasteiger partial charge in [0.05, 0.1) is 17.3 Å². The molecular weight excluding hydrogens is 522 g/mol. The molecule has 5 rings (SSSR count). The van der Waals surface area contributed by atoms with E-state index in [-0.39, 0.29) is 35.8 Å². The number of benzene rings is 2. The molecule has 3 N–H and O–H groups in total. The maximum absolute atomic E-state index is 13.8. The van der Waals surface area contributed by atoms with Crippen LogP contribution in [0.4, 0.5) is 11.4 Å². The van der Waals surface area contributed by atoms with Crippen molar-refractivity contribution in [1.82, 2.24) is 0 Å². The fourth-order valence-electron chi connectivity index (χ4n) is 5.19. The van der Waals surface area contributed by atoms with Crippen molar-refractivity contribution in [2.45, 2.75) is 31.6 Å². The third-order valence-electron chi connectivity index (χ3n) is 6.45. The van der Waals surface area contributed by atoms with Crippen molar-refractivity contribution >= 4 is 56.6 Å². The number of amides is 1. The number of para-hydroxylation sites is 1. The minimum absolute atomic E-state index is 0.0166. The Bertz CT molecular complexity index is 1340. The Hall–Kier alpha value is -3.10. The lowest BCUT2D eigenvalue weighted by Crippen LogP contribution is -2.53. The highest BCUT2D eigenvalue weighted by atomic mass is 79.9. The lowest BCUT2D eigenvalue weighted by Gasteiger charge is -2.44. The first-order valence-corrected chi connectivity index (χ1v) is 12.1. The van der Waals surface area contributed by atoms with Crippen LogP contribution in [-0.4, -0.2) is 24.3 Å². The summed E-state index contributed by atoms with van der Waals surface area (Å²) in [6, 6.07) is 12.3. The highest BCUT2D eigenvalue weighted by molar-refractivity contribution is 9.10. The number of rotatable bonds is 3. The highest BCUT2D eigenvalue weighted by Crippen LogP contribution is 2.56. The van der Waals surface area contributed by atoms with Crippen LogP contribution in [0.3, 0.4) is 0 Å². The number of ether oxygens (including phenoxy) is 1. The van der Waals surface area contributed by atoms with Gasteiger partial charge in [0.2, 0.25) is 5.91 Å². The van der Waals surface area contributed by atoms with Gasteiger partial charge in [0.1, 0.15) is 16.8 Å². The van der Waals surface area contributed by atoms with Crippen LogP contribution in [0.1, 0.15) is 31.7 Å². The molecule has 1 amide bonds. The second-order valence-corrected chi connectivity index (χ2v) is 9.58. The fourth-order valence-corrected chi connectivity index (χ4v) is 5.77. The normalized spacial score (nSPS) is 21.6. The molecule has 3 aliphatic rings. The van der Waals surface area contributed by atoms with Gasteiger partial charge in [-0.2, -0.15) is 0 Å². The first kappa shape index (κ1) is 22.7. The van der Waals surface area contributed by atoms with Gasteiger partial charge in [-0.1, -0.05) is 39.7 Å². The van der Waals surface area contributed by atoms with Crippen molar-refractivity contribution in [2.24, 2.45) is 5.73 Å². The third kappa shape index (κ3) is 3.05. The standard InChI is InChI=1S/C25H21BrClN3O4/c1-2-34-23(32)21-22(28)30(17-7-4-3-6-15(17)27)18-8-5-9-19(31)20(18)25(21)14-12-13(26)10-11-16(14)29-24(25)33/h3-4,6-7,10-12H,2,5,8-9,28H2,1H3,(H,29,33). The number of Topliss-reactive ketones (excluding diaryl/α,β-unsaturated/α-hetero) is 1. The van der Waals surface area contributed by atoms with Crippen molar-refractivity contribution in [3.05, 3.63) is 80.2 Å². The van der Waals surface area contributed by atoms with E-state index in [1.165, 1.54) is 0 Å². The van der Waals surface area contributed by atoms with Gasteiger partial charge >= 0.3 is 5.97 Å². The molecular formula is C25H21BrClN3O4. The molecule has 7 nitrogen and oxygen atoms in total. The number of nitrogens with two attached hydrogens (primary N) is 1. The van der Waals surface area contributed by atoms with Gasteiger partial charge in [0, 0.05) is 33.4 Å². The Balaban J connectivity index is 1.92. The topological polar surface area (TPSA) is 102 Å². The first-order valence-electron chi connectivity index (χ1n) is 10.9. The zero-order chi connectivity index (χ0) is 24.2. The highest BCUT2D eigenvalue weighted by Gasteiger charge is 2.62. The van der Waals surface area contributed by atoms with Gasteiger partial charge in [0.15, 0.2) is 5.78 Å². The summed E-state index contributed by atoms with van der Waals surface area (Å²) in [5, 5.41) is 3.26. The predicted octanol–water partition coefficient (Wildman–Crippen LogP) is 4.55. The monoisotopic (exact) mass is 541 g/mol. The van der Waals surface area contributed by atoms with Crippen LogP contribution >= 0.6 is 27.5 Å². The lowest BCUT2D eigenvalue weighted by molar-refractivity contribution is -0.140. The van der Waals surface area contributed by atoms with Crippen molar-refractivity contribution < 1.29 is 19.1 Å². The number of allylic oxidation sites excluding steroid dienone is 1. The zero-order valence-electron chi connectivity index (χ0n) is 18.3. The average Bonchev–Trinajstić information content (AvgIpc) is 3.07. The average molecular weight is 543 g/mol. The molecule has 1 spiro atoms. The number of esters is 1. The number of fused-ring (bicyclic) bond motifs is 3. The molecule has 1 unspecified atom stereocenters. The van der Waals surface area contributed by atoms with Gasteiger partial charge in [-0.3, -0.25) is 14.5 Å². The van der Waals surface area contributed by atoms with Crippen molar-refractivity contribution in [3.63, 3.8) is 0 Å². The number of hydrogen-bond donors (Lipinski definition) is 2. The summed E-state index contributed by atoms with van der Waals surface area (Å²) in [6.45, 7) is 1.75. The number of halogens is 2. The van der Waals surface area contributed by atoms with Crippen LogP contribution in [0.5, 0.6) is 0 Å². The number of ketones is 1. The fraction of sp³-hybridized carbons (Fsp3) is 0.240. The smallest absolute Gasteiger partial charge is 0.339 e. The first-order chi connectivity index (χ1) is 16.3. The van der Waals surface area contributed by atoms with Crippen LogP contribution < -0.4 is 16.0 Å². The zero-order valence-corrected chi connectivity index (χ0v) is 20.6. The molecule has 0 fully saturated rings. The van der Waals surface area contributed by atoms with Crippen molar-refractivity contribution in [2.75, 3.05) is 16.8 Å². The Kier molecular flexibility index (Phi) is 5.53. The van der Waals surface area contributed by atoms with Crippen LogP contribution in [0, 0.1) is 0 Å². The minimum Gasteiger partial charge on any atom is -0.462 e. The molecule has 1 atom stereocenters. The molecule has 1 aliphatic carbocycles. The summed E-state index contributed by atoms with van der Waals surface area (Å²) in [7, 11) is 0. The number of anilines is 2. The summed E-state index contributed by atoms with van der Waals surface area (Å²) in [4.78, 5) is 42.6. The quantitative estimate of drug-likeness (QED) is 0.552. The summed E-state index contributed by atoms with van der Waals surface area (Å²) >= 11 is 10.00. The van der Waals surface area contributed by atoms with Gasteiger partial charge in [0.25, 0.3) is 0 Å². The van der Waals surface area contributed by atoms with Gasteiger partial charge in [-0.25, -0.2) is 4.79 Å². The number of hydrogen-bond acceptors (Lipinski definition) is 6. The summed E-state index contributed by atoms with van der Waals surface area (Å²) in [5.41, 5.74) is 7.25.